The number of nitrogen functional groups attached to an aromatic ring is 1. The molecular formula is C15H12N4O3. The van der Waals surface area contributed by atoms with Gasteiger partial charge in [0.1, 0.15) is 5.65 Å². The van der Waals surface area contributed by atoms with Crippen LogP contribution in [0.5, 0.6) is 0 Å². The summed E-state index contributed by atoms with van der Waals surface area (Å²) in [5.74, 6) is -0.915. The van der Waals surface area contributed by atoms with E-state index in [4.69, 9.17) is 10.8 Å². The molecular weight excluding hydrogens is 284 g/mol. The third-order valence-corrected chi connectivity index (χ3v) is 3.20. The van der Waals surface area contributed by atoms with Gasteiger partial charge in [0.25, 0.3) is 5.56 Å². The molecule has 0 spiro atoms. The zero-order valence-electron chi connectivity index (χ0n) is 11.3. The van der Waals surface area contributed by atoms with Crippen LogP contribution in [0.15, 0.2) is 35.3 Å². The molecule has 0 amide bonds. The Kier molecular flexibility index (Phi) is 3.23. The van der Waals surface area contributed by atoms with Gasteiger partial charge in [-0.05, 0) is 17.7 Å². The maximum atomic E-state index is 11.9. The summed E-state index contributed by atoms with van der Waals surface area (Å²) in [6.07, 6.45) is 5.19. The van der Waals surface area contributed by atoms with E-state index in [0.29, 0.717) is 16.6 Å². The quantitative estimate of drug-likeness (QED) is 0.585. The van der Waals surface area contributed by atoms with E-state index in [0.717, 1.165) is 5.56 Å². The predicted octanol–water partition coefficient (Wildman–Crippen LogP) is 1.70. The summed E-state index contributed by atoms with van der Waals surface area (Å²) >= 11 is 0. The van der Waals surface area contributed by atoms with Crippen molar-refractivity contribution in [1.82, 2.24) is 15.0 Å². The minimum Gasteiger partial charge on any atom is -0.478 e. The number of aromatic amines is 2. The van der Waals surface area contributed by atoms with Crippen molar-refractivity contribution in [2.24, 2.45) is 0 Å². The Morgan fingerprint density at radius 1 is 1.23 bits per heavy atom. The fraction of sp³-hybridized carbons (Fsp3) is 0. The van der Waals surface area contributed by atoms with Crippen LogP contribution in [-0.4, -0.2) is 26.0 Å². The van der Waals surface area contributed by atoms with Crippen LogP contribution < -0.4 is 11.3 Å². The minimum atomic E-state index is -0.970. The first-order valence-electron chi connectivity index (χ1n) is 6.43. The normalized spacial score (nSPS) is 11.3. The molecule has 0 unspecified atom stereocenters. The second-order valence-corrected chi connectivity index (χ2v) is 4.68. The summed E-state index contributed by atoms with van der Waals surface area (Å²) in [7, 11) is 0. The van der Waals surface area contributed by atoms with Crippen molar-refractivity contribution in [2.75, 3.05) is 5.73 Å². The molecule has 0 saturated carbocycles. The average molecular weight is 296 g/mol. The van der Waals surface area contributed by atoms with Gasteiger partial charge in [0, 0.05) is 11.8 Å². The van der Waals surface area contributed by atoms with Gasteiger partial charge in [-0.25, -0.2) is 4.79 Å². The van der Waals surface area contributed by atoms with Crippen LogP contribution in [0.1, 0.15) is 21.5 Å². The topological polar surface area (TPSA) is 125 Å². The summed E-state index contributed by atoms with van der Waals surface area (Å²) < 4.78 is 0. The van der Waals surface area contributed by atoms with Crippen LogP contribution in [0, 0.1) is 0 Å². The molecule has 110 valence electrons. The second-order valence-electron chi connectivity index (χ2n) is 4.68. The molecule has 3 rings (SSSR count). The molecule has 0 atom stereocenters. The summed E-state index contributed by atoms with van der Waals surface area (Å²) in [5, 5.41) is 9.27. The Hall–Kier alpha value is -3.35. The molecule has 7 nitrogen and oxygen atoms in total. The molecule has 3 aromatic rings. The summed E-state index contributed by atoms with van der Waals surface area (Å²) in [4.78, 5) is 32.1. The van der Waals surface area contributed by atoms with E-state index in [9.17, 15) is 9.59 Å². The summed E-state index contributed by atoms with van der Waals surface area (Å²) in [6, 6.07) is 6.42. The molecule has 2 heterocycles. The van der Waals surface area contributed by atoms with Gasteiger partial charge in [-0.3, -0.25) is 9.78 Å². The smallest absolute Gasteiger partial charge is 0.335 e. The van der Waals surface area contributed by atoms with Crippen LogP contribution in [-0.2, 0) is 0 Å². The standard InChI is InChI=1S/C15H12N4O3/c16-15-18-12-11(13(20)19-15)10(7-17-12)6-3-8-1-4-9(5-2-8)14(21)22/h1-7H,(H,21,22)(H4,16,17,18,19,20)/b6-3-. The highest BCUT2D eigenvalue weighted by Crippen LogP contribution is 2.16. The van der Waals surface area contributed by atoms with Crippen molar-refractivity contribution in [3.05, 3.63) is 57.5 Å². The van der Waals surface area contributed by atoms with E-state index in [1.54, 1.807) is 30.5 Å². The van der Waals surface area contributed by atoms with Gasteiger partial charge in [0.05, 0.1) is 10.9 Å². The fourth-order valence-electron chi connectivity index (χ4n) is 2.14. The highest BCUT2D eigenvalue weighted by Gasteiger charge is 2.07. The molecule has 2 aromatic heterocycles. The molecule has 0 aliphatic carbocycles. The molecule has 0 bridgehead atoms. The van der Waals surface area contributed by atoms with Gasteiger partial charge in [0.15, 0.2) is 0 Å². The molecule has 0 fully saturated rings. The van der Waals surface area contributed by atoms with Crippen molar-refractivity contribution < 1.29 is 9.90 Å². The zero-order valence-corrected chi connectivity index (χ0v) is 11.3. The number of carboxylic acid groups (broad SMARTS) is 1. The Morgan fingerprint density at radius 2 is 1.95 bits per heavy atom. The van der Waals surface area contributed by atoms with Gasteiger partial charge in [-0.15, -0.1) is 0 Å². The number of nitrogens with zero attached hydrogens (tertiary/aromatic N) is 1. The van der Waals surface area contributed by atoms with Gasteiger partial charge < -0.3 is 15.8 Å². The lowest BCUT2D eigenvalue weighted by atomic mass is 10.1. The number of aromatic nitrogens is 3. The number of hydrogen-bond donors (Lipinski definition) is 4. The highest BCUT2D eigenvalue weighted by molar-refractivity contribution is 5.90. The third-order valence-electron chi connectivity index (χ3n) is 3.20. The largest absolute Gasteiger partial charge is 0.478 e. The zero-order chi connectivity index (χ0) is 15.7. The van der Waals surface area contributed by atoms with Crippen LogP contribution in [0.2, 0.25) is 0 Å². The number of anilines is 1. The number of rotatable bonds is 3. The number of carboxylic acids is 1. The number of hydrogen-bond acceptors (Lipinski definition) is 4. The van der Waals surface area contributed by atoms with E-state index in [2.05, 4.69) is 15.0 Å². The van der Waals surface area contributed by atoms with Gasteiger partial charge in [-0.1, -0.05) is 24.3 Å². The Labute approximate surface area is 124 Å². The first kappa shape index (κ1) is 13.6. The molecule has 5 N–H and O–H groups in total. The molecule has 0 saturated heterocycles. The van der Waals surface area contributed by atoms with Crippen LogP contribution in [0.3, 0.4) is 0 Å². The molecule has 0 aliphatic rings. The van der Waals surface area contributed by atoms with Crippen LogP contribution >= 0.6 is 0 Å². The summed E-state index contributed by atoms with van der Waals surface area (Å²) in [6.45, 7) is 0. The van der Waals surface area contributed by atoms with Crippen molar-refractivity contribution in [3.63, 3.8) is 0 Å². The SMILES string of the molecule is Nc1nc2[nH]cc(/C=C\c3ccc(C(=O)O)cc3)c2c(=O)[nH]1. The lowest BCUT2D eigenvalue weighted by Crippen LogP contribution is -2.10. The Bertz CT molecular complexity index is 936. The Balaban J connectivity index is 1.96. The maximum Gasteiger partial charge on any atom is 0.335 e. The average Bonchev–Trinajstić information content (AvgIpc) is 2.88. The van der Waals surface area contributed by atoms with E-state index in [-0.39, 0.29) is 17.1 Å². The molecule has 1 aromatic carbocycles. The van der Waals surface area contributed by atoms with Gasteiger partial charge in [-0.2, -0.15) is 4.98 Å². The van der Waals surface area contributed by atoms with Gasteiger partial charge in [0.2, 0.25) is 5.95 Å². The van der Waals surface area contributed by atoms with Crippen LogP contribution in [0.4, 0.5) is 5.95 Å². The first-order chi connectivity index (χ1) is 10.5. The molecule has 22 heavy (non-hydrogen) atoms. The van der Waals surface area contributed by atoms with Crippen molar-refractivity contribution in [1.29, 1.82) is 0 Å². The van der Waals surface area contributed by atoms with E-state index in [1.807, 2.05) is 0 Å². The van der Waals surface area contributed by atoms with E-state index < -0.39 is 5.97 Å². The minimum absolute atomic E-state index is 0.0548. The monoisotopic (exact) mass is 296 g/mol. The highest BCUT2D eigenvalue weighted by atomic mass is 16.4. The van der Waals surface area contributed by atoms with E-state index >= 15 is 0 Å². The van der Waals surface area contributed by atoms with Gasteiger partial charge >= 0.3 is 5.97 Å². The number of H-pyrrole nitrogens is 2. The number of aromatic carboxylic acids is 1. The third kappa shape index (κ3) is 2.47. The lowest BCUT2D eigenvalue weighted by Gasteiger charge is -1.96. The number of fused-ring (bicyclic) bond motifs is 1. The molecule has 0 radical (unpaired) electrons. The Morgan fingerprint density at radius 3 is 2.64 bits per heavy atom. The number of benzene rings is 1. The molecule has 0 aliphatic heterocycles. The van der Waals surface area contributed by atoms with Crippen molar-refractivity contribution in [3.8, 4) is 0 Å². The number of carbonyl (C=O) groups is 1. The number of nitrogens with two attached hydrogens (primary N) is 1. The fourth-order valence-corrected chi connectivity index (χ4v) is 2.14. The van der Waals surface area contributed by atoms with E-state index in [1.165, 1.54) is 12.1 Å². The van der Waals surface area contributed by atoms with Crippen molar-refractivity contribution >= 4 is 35.1 Å². The molecule has 7 heteroatoms. The second kappa shape index (κ2) is 5.21. The first-order valence-corrected chi connectivity index (χ1v) is 6.43. The van der Waals surface area contributed by atoms with Crippen molar-refractivity contribution in [2.45, 2.75) is 0 Å². The van der Waals surface area contributed by atoms with Crippen LogP contribution in [0.25, 0.3) is 23.2 Å². The maximum absolute atomic E-state index is 11.9. The lowest BCUT2D eigenvalue weighted by molar-refractivity contribution is 0.0697. The summed E-state index contributed by atoms with van der Waals surface area (Å²) in [5.41, 5.74) is 7.30. The number of nitrogens with one attached hydrogen (secondary N) is 2. The predicted molar refractivity (Wildman–Crippen MR) is 83.5 cm³/mol.